The van der Waals surface area contributed by atoms with Gasteiger partial charge in [-0.25, -0.2) is 4.39 Å². The van der Waals surface area contributed by atoms with Crippen LogP contribution in [-0.4, -0.2) is 48.2 Å². The van der Waals surface area contributed by atoms with Crippen molar-refractivity contribution in [1.29, 1.82) is 0 Å². The van der Waals surface area contributed by atoms with Gasteiger partial charge in [-0.05, 0) is 42.0 Å². The Balaban J connectivity index is 1.54. The molecular formula is C26H31FN4O4. The van der Waals surface area contributed by atoms with Crippen LogP contribution in [0.4, 0.5) is 21.5 Å². The van der Waals surface area contributed by atoms with E-state index >= 15 is 0 Å². The van der Waals surface area contributed by atoms with Gasteiger partial charge in [0.15, 0.2) is 0 Å². The standard InChI is InChI=1S/C26H31FN4O4/c1-17(16-32)19-7-8-24(22(27)13-19)29-9-11-30(12-10-29)26(33)21-14-20(31(34)35)15-23(28)25(21)18-5-3-2-4-6-18/h7-8,13-18H,2-6,9-12,28H2,1H3. The summed E-state index contributed by atoms with van der Waals surface area (Å²) in [6.45, 7) is 3.28. The predicted molar refractivity (Wildman–Crippen MR) is 132 cm³/mol. The monoisotopic (exact) mass is 482 g/mol. The minimum absolute atomic E-state index is 0.117. The Bertz CT molecular complexity index is 1120. The summed E-state index contributed by atoms with van der Waals surface area (Å²) in [6, 6.07) is 7.52. The lowest BCUT2D eigenvalue weighted by molar-refractivity contribution is -0.384. The van der Waals surface area contributed by atoms with Crippen molar-refractivity contribution < 1.29 is 18.9 Å². The van der Waals surface area contributed by atoms with Crippen LogP contribution in [0.2, 0.25) is 0 Å². The lowest BCUT2D eigenvalue weighted by Crippen LogP contribution is -2.49. The summed E-state index contributed by atoms with van der Waals surface area (Å²) in [5.74, 6) is -0.932. The van der Waals surface area contributed by atoms with Gasteiger partial charge in [0.05, 0.1) is 16.2 Å². The Kier molecular flexibility index (Phi) is 7.33. The zero-order valence-electron chi connectivity index (χ0n) is 19.9. The summed E-state index contributed by atoms with van der Waals surface area (Å²) in [5, 5.41) is 11.5. The van der Waals surface area contributed by atoms with E-state index in [-0.39, 0.29) is 23.4 Å². The molecule has 9 heteroatoms. The first-order valence-corrected chi connectivity index (χ1v) is 12.2. The van der Waals surface area contributed by atoms with Crippen LogP contribution in [0.25, 0.3) is 0 Å². The number of carbonyl (C=O) groups excluding carboxylic acids is 2. The second-order valence-corrected chi connectivity index (χ2v) is 9.50. The molecule has 1 saturated heterocycles. The van der Waals surface area contributed by atoms with E-state index in [1.807, 2.05) is 4.90 Å². The Morgan fingerprint density at radius 2 is 1.83 bits per heavy atom. The third-order valence-electron chi connectivity index (χ3n) is 7.26. The van der Waals surface area contributed by atoms with Crippen molar-refractivity contribution in [2.75, 3.05) is 36.8 Å². The van der Waals surface area contributed by atoms with Crippen LogP contribution in [0.5, 0.6) is 0 Å². The van der Waals surface area contributed by atoms with E-state index < -0.39 is 10.7 Å². The van der Waals surface area contributed by atoms with Crippen LogP contribution in [0, 0.1) is 15.9 Å². The summed E-state index contributed by atoms with van der Waals surface area (Å²) in [6.07, 6.45) is 5.83. The highest BCUT2D eigenvalue weighted by molar-refractivity contribution is 5.98. The molecule has 186 valence electrons. The van der Waals surface area contributed by atoms with Crippen molar-refractivity contribution >= 4 is 29.3 Å². The van der Waals surface area contributed by atoms with Gasteiger partial charge in [-0.3, -0.25) is 14.9 Å². The molecule has 0 radical (unpaired) electrons. The first-order valence-electron chi connectivity index (χ1n) is 12.2. The van der Waals surface area contributed by atoms with Crippen molar-refractivity contribution in [3.63, 3.8) is 0 Å². The van der Waals surface area contributed by atoms with Crippen molar-refractivity contribution in [3.8, 4) is 0 Å². The number of hydrogen-bond acceptors (Lipinski definition) is 6. The second kappa shape index (κ2) is 10.4. The third kappa shape index (κ3) is 5.13. The second-order valence-electron chi connectivity index (χ2n) is 9.50. The highest BCUT2D eigenvalue weighted by Gasteiger charge is 2.31. The van der Waals surface area contributed by atoms with Crippen LogP contribution in [-0.2, 0) is 4.79 Å². The molecule has 8 nitrogen and oxygen atoms in total. The Morgan fingerprint density at radius 3 is 2.43 bits per heavy atom. The van der Waals surface area contributed by atoms with Crippen LogP contribution < -0.4 is 10.6 Å². The molecule has 1 unspecified atom stereocenters. The molecule has 0 bridgehead atoms. The Labute approximate surface area is 204 Å². The maximum Gasteiger partial charge on any atom is 0.272 e. The van der Waals surface area contributed by atoms with Gasteiger partial charge >= 0.3 is 0 Å². The quantitative estimate of drug-likeness (QED) is 0.278. The molecule has 2 fully saturated rings. The number of hydrogen-bond donors (Lipinski definition) is 1. The van der Waals surface area contributed by atoms with Gasteiger partial charge in [0.25, 0.3) is 11.6 Å². The van der Waals surface area contributed by atoms with Crippen LogP contribution in [0.15, 0.2) is 30.3 Å². The fourth-order valence-electron chi connectivity index (χ4n) is 5.25. The molecule has 4 rings (SSSR count). The number of rotatable bonds is 6. The molecule has 1 saturated carbocycles. The molecule has 1 atom stereocenters. The normalized spacial score (nSPS) is 17.8. The van der Waals surface area contributed by atoms with Gasteiger partial charge in [-0.15, -0.1) is 0 Å². The molecule has 0 aromatic heterocycles. The van der Waals surface area contributed by atoms with Crippen LogP contribution in [0.1, 0.15) is 72.3 Å². The number of benzene rings is 2. The van der Waals surface area contributed by atoms with Gasteiger partial charge < -0.3 is 20.3 Å². The number of amides is 1. The molecule has 0 spiro atoms. The van der Waals surface area contributed by atoms with Gasteiger partial charge in [-0.1, -0.05) is 32.3 Å². The van der Waals surface area contributed by atoms with Crippen LogP contribution >= 0.6 is 0 Å². The molecule has 1 amide bonds. The summed E-state index contributed by atoms with van der Waals surface area (Å²) >= 11 is 0. The van der Waals surface area contributed by atoms with Crippen molar-refractivity contribution in [2.24, 2.45) is 0 Å². The Hall–Kier alpha value is -3.49. The number of piperazine rings is 1. The minimum Gasteiger partial charge on any atom is -0.398 e. The van der Waals surface area contributed by atoms with E-state index in [1.165, 1.54) is 18.2 Å². The third-order valence-corrected chi connectivity index (χ3v) is 7.26. The molecule has 1 heterocycles. The first-order chi connectivity index (χ1) is 16.8. The first kappa shape index (κ1) is 24.6. The largest absolute Gasteiger partial charge is 0.398 e. The summed E-state index contributed by atoms with van der Waals surface area (Å²) in [5.41, 5.74) is 8.49. The number of halogens is 1. The molecule has 35 heavy (non-hydrogen) atoms. The van der Waals surface area contributed by atoms with Gasteiger partial charge in [0.2, 0.25) is 0 Å². The minimum atomic E-state index is -0.520. The Morgan fingerprint density at radius 1 is 1.14 bits per heavy atom. The van der Waals surface area contributed by atoms with Gasteiger partial charge in [0, 0.05) is 49.9 Å². The number of non-ortho nitro benzene ring substituents is 1. The molecular weight excluding hydrogens is 451 g/mol. The van der Waals surface area contributed by atoms with Gasteiger partial charge in [0.1, 0.15) is 12.1 Å². The fourth-order valence-corrected chi connectivity index (χ4v) is 5.25. The van der Waals surface area contributed by atoms with Crippen molar-refractivity contribution in [2.45, 2.75) is 50.9 Å². The van der Waals surface area contributed by atoms with Crippen molar-refractivity contribution in [3.05, 3.63) is 63.0 Å². The molecule has 2 aliphatic rings. The lowest BCUT2D eigenvalue weighted by Gasteiger charge is -2.37. The van der Waals surface area contributed by atoms with Crippen LogP contribution in [0.3, 0.4) is 0 Å². The van der Waals surface area contributed by atoms with E-state index in [9.17, 15) is 24.1 Å². The van der Waals surface area contributed by atoms with E-state index in [2.05, 4.69) is 0 Å². The summed E-state index contributed by atoms with van der Waals surface area (Å²) in [4.78, 5) is 39.1. The summed E-state index contributed by atoms with van der Waals surface area (Å²) in [7, 11) is 0. The molecule has 1 aliphatic heterocycles. The van der Waals surface area contributed by atoms with E-state index in [1.54, 1.807) is 24.0 Å². The van der Waals surface area contributed by atoms with Gasteiger partial charge in [-0.2, -0.15) is 0 Å². The number of nitrogens with zero attached hydrogens (tertiary/aromatic N) is 3. The smallest absolute Gasteiger partial charge is 0.272 e. The molecule has 2 N–H and O–H groups in total. The SMILES string of the molecule is CC(C=O)c1ccc(N2CCN(C(=O)c3cc([N+](=O)[O-])cc(N)c3C3CCCCC3)CC2)c(F)c1. The maximum absolute atomic E-state index is 14.8. The molecule has 2 aromatic carbocycles. The van der Waals surface area contributed by atoms with E-state index in [4.69, 9.17) is 5.73 Å². The number of aldehydes is 1. The molecule has 2 aromatic rings. The highest BCUT2D eigenvalue weighted by atomic mass is 19.1. The van der Waals surface area contributed by atoms with Crippen molar-refractivity contribution in [1.82, 2.24) is 4.90 Å². The average molecular weight is 483 g/mol. The number of carbonyl (C=O) groups is 2. The molecule has 1 aliphatic carbocycles. The number of nitro groups is 1. The number of nitro benzene ring substituents is 1. The zero-order chi connectivity index (χ0) is 25.1. The zero-order valence-corrected chi connectivity index (χ0v) is 19.9. The summed E-state index contributed by atoms with van der Waals surface area (Å²) < 4.78 is 14.8. The topological polar surface area (TPSA) is 110 Å². The van der Waals surface area contributed by atoms with E-state index in [0.717, 1.165) is 44.0 Å². The maximum atomic E-state index is 14.8. The van der Waals surface area contributed by atoms with E-state index in [0.29, 0.717) is 48.7 Å². The number of anilines is 2. The predicted octanol–water partition coefficient (Wildman–Crippen LogP) is 4.63. The number of nitrogen functional groups attached to an aromatic ring is 1. The number of nitrogens with two attached hydrogens (primary N) is 1. The highest BCUT2D eigenvalue weighted by Crippen LogP contribution is 2.40. The fraction of sp³-hybridized carbons (Fsp3) is 0.462. The average Bonchev–Trinajstić information content (AvgIpc) is 2.87. The lowest BCUT2D eigenvalue weighted by atomic mass is 9.80.